The van der Waals surface area contributed by atoms with Gasteiger partial charge in [0.25, 0.3) is 0 Å². The molecule has 0 amide bonds. The van der Waals surface area contributed by atoms with Crippen LogP contribution in [-0.4, -0.2) is 9.97 Å². The van der Waals surface area contributed by atoms with Gasteiger partial charge in [0.15, 0.2) is 0 Å². The maximum atomic E-state index is 11.1. The van der Waals surface area contributed by atoms with Crippen molar-refractivity contribution in [2.75, 3.05) is 0 Å². The topological polar surface area (TPSA) is 45.8 Å². The summed E-state index contributed by atoms with van der Waals surface area (Å²) in [5.74, 6) is 0. The Bertz CT molecular complexity index is 668. The van der Waals surface area contributed by atoms with E-state index in [9.17, 15) is 4.79 Å². The summed E-state index contributed by atoms with van der Waals surface area (Å²) in [7, 11) is 0. The zero-order chi connectivity index (χ0) is 9.54. The van der Waals surface area contributed by atoms with Crippen molar-refractivity contribution in [1.82, 2.24) is 9.97 Å². The van der Waals surface area contributed by atoms with Crippen LogP contribution in [0.25, 0.3) is 21.1 Å². The molecule has 68 valence electrons. The first-order valence-corrected chi connectivity index (χ1v) is 5.07. The summed E-state index contributed by atoms with van der Waals surface area (Å²) in [6.45, 7) is 0. The summed E-state index contributed by atoms with van der Waals surface area (Å²) in [6.07, 6.45) is 0. The maximum Gasteiger partial charge on any atom is 0.248 e. The third-order valence-electron chi connectivity index (χ3n) is 2.17. The molecule has 14 heavy (non-hydrogen) atoms. The molecule has 0 saturated heterocycles. The van der Waals surface area contributed by atoms with E-state index in [1.54, 1.807) is 11.3 Å². The number of H-pyrrole nitrogens is 1. The van der Waals surface area contributed by atoms with Crippen molar-refractivity contribution < 1.29 is 0 Å². The van der Waals surface area contributed by atoms with E-state index in [4.69, 9.17) is 0 Å². The Morgan fingerprint density at radius 1 is 1.29 bits per heavy atom. The highest BCUT2D eigenvalue weighted by Gasteiger charge is 2.00. The van der Waals surface area contributed by atoms with E-state index in [1.807, 2.05) is 23.7 Å². The molecule has 0 fully saturated rings. The van der Waals surface area contributed by atoms with Crippen LogP contribution in [-0.2, 0) is 0 Å². The van der Waals surface area contributed by atoms with Crippen LogP contribution >= 0.6 is 11.3 Å². The van der Waals surface area contributed by atoms with E-state index in [-0.39, 0.29) is 5.56 Å². The zero-order valence-corrected chi connectivity index (χ0v) is 7.97. The highest BCUT2D eigenvalue weighted by atomic mass is 32.1. The minimum atomic E-state index is -0.0682. The Morgan fingerprint density at radius 3 is 3.14 bits per heavy atom. The fourth-order valence-electron chi connectivity index (χ4n) is 1.51. The van der Waals surface area contributed by atoms with Crippen LogP contribution in [0.5, 0.6) is 0 Å². The number of hydrogen-bond donors (Lipinski definition) is 1. The van der Waals surface area contributed by atoms with Crippen LogP contribution in [0, 0.1) is 0 Å². The molecule has 0 aliphatic carbocycles. The van der Waals surface area contributed by atoms with Gasteiger partial charge in [0, 0.05) is 17.0 Å². The molecule has 3 rings (SSSR count). The summed E-state index contributed by atoms with van der Waals surface area (Å²) in [4.78, 5) is 18.1. The summed E-state index contributed by atoms with van der Waals surface area (Å²) < 4.78 is 1.10. The molecule has 0 aliphatic rings. The molecule has 0 spiro atoms. The Hall–Kier alpha value is -1.68. The van der Waals surface area contributed by atoms with Crippen molar-refractivity contribution in [3.05, 3.63) is 40.1 Å². The van der Waals surface area contributed by atoms with Gasteiger partial charge in [-0.1, -0.05) is 0 Å². The average Bonchev–Trinajstić information content (AvgIpc) is 2.61. The second-order valence-corrected chi connectivity index (χ2v) is 3.97. The van der Waals surface area contributed by atoms with Gasteiger partial charge in [-0.2, -0.15) is 0 Å². The normalized spacial score (nSPS) is 11.1. The van der Waals surface area contributed by atoms with Gasteiger partial charge in [0.2, 0.25) is 5.56 Å². The van der Waals surface area contributed by atoms with Crippen LogP contribution in [0.15, 0.2) is 34.6 Å². The summed E-state index contributed by atoms with van der Waals surface area (Å²) in [5.41, 5.74) is 3.59. The first kappa shape index (κ1) is 7.70. The molecule has 1 aromatic carbocycles. The highest BCUT2D eigenvalue weighted by molar-refractivity contribution is 7.16. The zero-order valence-electron chi connectivity index (χ0n) is 7.15. The van der Waals surface area contributed by atoms with Crippen LogP contribution in [0.4, 0.5) is 0 Å². The van der Waals surface area contributed by atoms with Gasteiger partial charge < -0.3 is 4.98 Å². The van der Waals surface area contributed by atoms with Crippen LogP contribution in [0.3, 0.4) is 0 Å². The molecule has 0 bridgehead atoms. The van der Waals surface area contributed by atoms with Gasteiger partial charge in [-0.25, -0.2) is 4.98 Å². The van der Waals surface area contributed by atoms with Gasteiger partial charge in [0.1, 0.15) is 0 Å². The van der Waals surface area contributed by atoms with E-state index < -0.39 is 0 Å². The molecule has 3 aromatic rings. The smallest absolute Gasteiger partial charge is 0.248 e. The van der Waals surface area contributed by atoms with Gasteiger partial charge >= 0.3 is 0 Å². The first-order chi connectivity index (χ1) is 6.83. The molecule has 4 heteroatoms. The summed E-state index contributed by atoms with van der Waals surface area (Å²) in [5, 5.41) is 1.02. The third kappa shape index (κ3) is 1.04. The van der Waals surface area contributed by atoms with Crippen molar-refractivity contribution in [3.8, 4) is 0 Å². The number of rotatable bonds is 0. The van der Waals surface area contributed by atoms with Gasteiger partial charge in [-0.15, -0.1) is 11.3 Å². The fourth-order valence-corrected chi connectivity index (χ4v) is 2.20. The summed E-state index contributed by atoms with van der Waals surface area (Å²) >= 11 is 1.57. The SMILES string of the molecule is O=c1ccc2cc3ncsc3cc2[nH]1. The predicted octanol–water partition coefficient (Wildman–Crippen LogP) is 2.14. The number of thiazole rings is 1. The molecule has 1 N–H and O–H groups in total. The second kappa shape index (κ2) is 2.65. The molecule has 0 aliphatic heterocycles. The molecule has 2 aromatic heterocycles. The molecule has 2 heterocycles. The van der Waals surface area contributed by atoms with Crippen molar-refractivity contribution in [2.45, 2.75) is 0 Å². The van der Waals surface area contributed by atoms with Crippen LogP contribution in [0.2, 0.25) is 0 Å². The van der Waals surface area contributed by atoms with E-state index in [2.05, 4.69) is 9.97 Å². The Kier molecular flexibility index (Phi) is 1.46. The molecule has 0 radical (unpaired) electrons. The Balaban J connectivity index is 2.56. The predicted molar refractivity (Wildman–Crippen MR) is 57.7 cm³/mol. The van der Waals surface area contributed by atoms with Gasteiger partial charge in [-0.05, 0) is 18.2 Å². The first-order valence-electron chi connectivity index (χ1n) is 4.19. The number of hydrogen-bond acceptors (Lipinski definition) is 3. The number of fused-ring (bicyclic) bond motifs is 2. The molecule has 0 saturated carbocycles. The van der Waals surface area contributed by atoms with E-state index >= 15 is 0 Å². The van der Waals surface area contributed by atoms with Gasteiger partial charge in [0.05, 0.1) is 15.7 Å². The van der Waals surface area contributed by atoms with Gasteiger partial charge in [-0.3, -0.25) is 4.79 Å². The number of pyridine rings is 1. The lowest BCUT2D eigenvalue weighted by atomic mass is 10.2. The second-order valence-electron chi connectivity index (χ2n) is 3.08. The van der Waals surface area contributed by atoms with E-state index in [1.165, 1.54) is 6.07 Å². The molecule has 0 atom stereocenters. The lowest BCUT2D eigenvalue weighted by Gasteiger charge is -1.95. The maximum absolute atomic E-state index is 11.1. The van der Waals surface area contributed by atoms with E-state index in [0.29, 0.717) is 0 Å². The number of aromatic amines is 1. The number of aromatic nitrogens is 2. The summed E-state index contributed by atoms with van der Waals surface area (Å²) in [6, 6.07) is 7.29. The monoisotopic (exact) mass is 202 g/mol. The van der Waals surface area contributed by atoms with Crippen molar-refractivity contribution in [3.63, 3.8) is 0 Å². The largest absolute Gasteiger partial charge is 0.322 e. The van der Waals surface area contributed by atoms with Crippen molar-refractivity contribution in [2.24, 2.45) is 0 Å². The Labute approximate surface area is 83.0 Å². The standard InChI is InChI=1S/C10H6N2OS/c13-10-2-1-6-3-8-9(14-5-11-8)4-7(6)12-10/h1-5H,(H,12,13). The molecular formula is C10H6N2OS. The van der Waals surface area contributed by atoms with E-state index in [0.717, 1.165) is 21.1 Å². The lowest BCUT2D eigenvalue weighted by molar-refractivity contribution is 1.31. The average molecular weight is 202 g/mol. The number of nitrogens with one attached hydrogen (secondary N) is 1. The number of nitrogens with zero attached hydrogens (tertiary/aromatic N) is 1. The molecule has 0 unspecified atom stereocenters. The quantitative estimate of drug-likeness (QED) is 0.607. The molecular weight excluding hydrogens is 196 g/mol. The van der Waals surface area contributed by atoms with Crippen molar-refractivity contribution in [1.29, 1.82) is 0 Å². The van der Waals surface area contributed by atoms with Crippen LogP contribution < -0.4 is 5.56 Å². The van der Waals surface area contributed by atoms with Crippen LogP contribution in [0.1, 0.15) is 0 Å². The molecule has 3 nitrogen and oxygen atoms in total. The third-order valence-corrected chi connectivity index (χ3v) is 2.97. The Morgan fingerprint density at radius 2 is 2.21 bits per heavy atom. The fraction of sp³-hybridized carbons (Fsp3) is 0. The lowest BCUT2D eigenvalue weighted by Crippen LogP contribution is -2.01. The minimum Gasteiger partial charge on any atom is -0.322 e. The number of benzene rings is 1. The van der Waals surface area contributed by atoms with Crippen molar-refractivity contribution >= 4 is 32.5 Å². The highest BCUT2D eigenvalue weighted by Crippen LogP contribution is 2.22. The minimum absolute atomic E-state index is 0.0682.